The Morgan fingerprint density at radius 2 is 2.03 bits per heavy atom. The molecule has 6 heteroatoms. The average molecular weight is 468 g/mol. The number of para-hydroxylation sites is 1. The number of rotatable bonds is 9. The second kappa shape index (κ2) is 10.8. The summed E-state index contributed by atoms with van der Waals surface area (Å²) in [5.74, 6) is 1.47. The molecule has 0 unspecified atom stereocenters. The smallest absolute Gasteiger partial charge is 0.262 e. The second-order valence-electron chi connectivity index (χ2n) is 8.77. The van der Waals surface area contributed by atoms with Crippen LogP contribution >= 0.6 is 0 Å². The molecule has 0 aliphatic carbocycles. The number of hydrogen-bond donors (Lipinski definition) is 1. The van der Waals surface area contributed by atoms with E-state index < -0.39 is 5.91 Å². The molecular formula is C29H29N3O3. The molecule has 2 aromatic carbocycles. The summed E-state index contributed by atoms with van der Waals surface area (Å²) < 4.78 is 13.5. The van der Waals surface area contributed by atoms with E-state index in [-0.39, 0.29) is 12.1 Å². The number of carbonyl (C=O) groups is 1. The summed E-state index contributed by atoms with van der Waals surface area (Å²) in [6.07, 6.45) is 5.14. The Balaban J connectivity index is 1.53. The van der Waals surface area contributed by atoms with Crippen LogP contribution in [0.3, 0.4) is 0 Å². The summed E-state index contributed by atoms with van der Waals surface area (Å²) in [5.41, 5.74) is 4.22. The summed E-state index contributed by atoms with van der Waals surface area (Å²) in [6.45, 7) is 7.74. The third-order valence-electron chi connectivity index (χ3n) is 5.87. The minimum absolute atomic E-state index is 0.0389. The number of nitriles is 1. The van der Waals surface area contributed by atoms with Gasteiger partial charge in [-0.2, -0.15) is 5.26 Å². The van der Waals surface area contributed by atoms with Gasteiger partial charge in [-0.25, -0.2) is 0 Å². The Labute approximate surface area is 205 Å². The third kappa shape index (κ3) is 5.64. The van der Waals surface area contributed by atoms with Crippen LogP contribution in [0.2, 0.25) is 0 Å². The number of nitrogens with one attached hydrogen (secondary N) is 1. The van der Waals surface area contributed by atoms with Gasteiger partial charge in [-0.1, -0.05) is 44.2 Å². The predicted molar refractivity (Wildman–Crippen MR) is 137 cm³/mol. The van der Waals surface area contributed by atoms with E-state index in [9.17, 15) is 10.1 Å². The van der Waals surface area contributed by atoms with E-state index in [1.807, 2.05) is 36.5 Å². The van der Waals surface area contributed by atoms with Crippen molar-refractivity contribution >= 4 is 22.9 Å². The van der Waals surface area contributed by atoms with Gasteiger partial charge in [0.25, 0.3) is 5.91 Å². The summed E-state index contributed by atoms with van der Waals surface area (Å²) in [7, 11) is 0. The van der Waals surface area contributed by atoms with E-state index in [0.29, 0.717) is 24.8 Å². The van der Waals surface area contributed by atoms with E-state index >= 15 is 0 Å². The Kier molecular flexibility index (Phi) is 7.37. The molecule has 0 radical (unpaired) electrons. The van der Waals surface area contributed by atoms with Gasteiger partial charge in [-0.05, 0) is 54.3 Å². The van der Waals surface area contributed by atoms with Gasteiger partial charge in [0, 0.05) is 22.7 Å². The molecule has 0 aliphatic rings. The number of nitrogens with zero attached hydrogens (tertiary/aromatic N) is 2. The van der Waals surface area contributed by atoms with Gasteiger partial charge in [-0.15, -0.1) is 0 Å². The standard InChI is InChI=1S/C29H29N3O3/c1-20(2)25-11-10-21(3)15-28(25)35-14-12-32-19-23(26-8-4-5-9-27(26)32)16-22(17-30)29(33)31-18-24-7-6-13-34-24/h4-11,13,15-16,19-20H,12,14,18H2,1-3H3,(H,31,33). The lowest BCUT2D eigenvalue weighted by atomic mass is 10.0. The minimum atomic E-state index is -0.440. The first-order valence-corrected chi connectivity index (χ1v) is 11.7. The molecule has 2 heterocycles. The molecule has 1 amide bonds. The highest BCUT2D eigenvalue weighted by Gasteiger charge is 2.13. The van der Waals surface area contributed by atoms with Crippen LogP contribution in [0.25, 0.3) is 17.0 Å². The highest BCUT2D eigenvalue weighted by atomic mass is 16.5. The highest BCUT2D eigenvalue weighted by molar-refractivity contribution is 6.04. The van der Waals surface area contributed by atoms with Crippen LogP contribution in [0, 0.1) is 18.3 Å². The van der Waals surface area contributed by atoms with E-state index in [0.717, 1.165) is 27.8 Å². The molecule has 0 saturated carbocycles. The van der Waals surface area contributed by atoms with Crippen LogP contribution in [-0.2, 0) is 17.9 Å². The van der Waals surface area contributed by atoms with Gasteiger partial charge in [0.05, 0.1) is 19.4 Å². The van der Waals surface area contributed by atoms with E-state index in [1.165, 1.54) is 5.56 Å². The normalized spacial score (nSPS) is 11.6. The SMILES string of the molecule is Cc1ccc(C(C)C)c(OCCn2cc(C=C(C#N)C(=O)NCc3ccco3)c3ccccc32)c1. The molecule has 0 aliphatic heterocycles. The number of carbonyl (C=O) groups excluding carboxylic acids is 1. The number of fused-ring (bicyclic) bond motifs is 1. The number of hydrogen-bond acceptors (Lipinski definition) is 4. The predicted octanol–water partition coefficient (Wildman–Crippen LogP) is 5.97. The lowest BCUT2D eigenvalue weighted by Crippen LogP contribution is -2.23. The lowest BCUT2D eigenvalue weighted by molar-refractivity contribution is -0.117. The summed E-state index contributed by atoms with van der Waals surface area (Å²) >= 11 is 0. The van der Waals surface area contributed by atoms with Crippen molar-refractivity contribution in [2.45, 2.75) is 39.8 Å². The van der Waals surface area contributed by atoms with Gasteiger partial charge in [0.15, 0.2) is 0 Å². The maximum atomic E-state index is 12.6. The van der Waals surface area contributed by atoms with Crippen LogP contribution in [-0.4, -0.2) is 17.1 Å². The zero-order valence-electron chi connectivity index (χ0n) is 20.2. The quantitative estimate of drug-likeness (QED) is 0.243. The maximum absolute atomic E-state index is 12.6. The van der Waals surface area contributed by atoms with Crippen LogP contribution in [0.15, 0.2) is 77.0 Å². The van der Waals surface area contributed by atoms with Gasteiger partial charge in [0.1, 0.15) is 29.8 Å². The van der Waals surface area contributed by atoms with Gasteiger partial charge in [-0.3, -0.25) is 4.79 Å². The van der Waals surface area contributed by atoms with E-state index in [1.54, 1.807) is 24.5 Å². The number of amides is 1. The zero-order chi connectivity index (χ0) is 24.8. The Morgan fingerprint density at radius 3 is 2.77 bits per heavy atom. The van der Waals surface area contributed by atoms with Crippen molar-refractivity contribution < 1.29 is 13.9 Å². The molecule has 0 saturated heterocycles. The molecule has 4 aromatic rings. The van der Waals surface area contributed by atoms with Crippen molar-refractivity contribution in [2.75, 3.05) is 6.61 Å². The lowest BCUT2D eigenvalue weighted by Gasteiger charge is -2.15. The van der Waals surface area contributed by atoms with Crippen LogP contribution < -0.4 is 10.1 Å². The maximum Gasteiger partial charge on any atom is 0.262 e. The molecular weight excluding hydrogens is 438 g/mol. The molecule has 0 atom stereocenters. The van der Waals surface area contributed by atoms with Crippen molar-refractivity contribution in [2.24, 2.45) is 0 Å². The summed E-state index contributed by atoms with van der Waals surface area (Å²) in [6, 6.07) is 19.8. The Bertz CT molecular complexity index is 1390. The topological polar surface area (TPSA) is 80.2 Å². The van der Waals surface area contributed by atoms with E-state index in [4.69, 9.17) is 9.15 Å². The fourth-order valence-electron chi connectivity index (χ4n) is 4.05. The molecule has 0 fully saturated rings. The third-order valence-corrected chi connectivity index (χ3v) is 5.87. The number of ether oxygens (including phenoxy) is 1. The fraction of sp³-hybridized carbons (Fsp3) is 0.241. The number of furan rings is 1. The Hall–Kier alpha value is -4.24. The summed E-state index contributed by atoms with van der Waals surface area (Å²) in [5, 5.41) is 13.3. The number of benzene rings is 2. The van der Waals surface area contributed by atoms with Crippen molar-refractivity contribution in [3.05, 3.63) is 95.1 Å². The van der Waals surface area contributed by atoms with Gasteiger partial charge >= 0.3 is 0 Å². The largest absolute Gasteiger partial charge is 0.491 e. The second-order valence-corrected chi connectivity index (χ2v) is 8.77. The molecule has 178 valence electrons. The first-order chi connectivity index (χ1) is 17.0. The molecule has 6 nitrogen and oxygen atoms in total. The van der Waals surface area contributed by atoms with Gasteiger partial charge < -0.3 is 19.0 Å². The first kappa shape index (κ1) is 23.9. The number of aromatic nitrogens is 1. The van der Waals surface area contributed by atoms with E-state index in [2.05, 4.69) is 48.9 Å². The highest BCUT2D eigenvalue weighted by Crippen LogP contribution is 2.28. The van der Waals surface area contributed by atoms with Crippen molar-refractivity contribution in [1.82, 2.24) is 9.88 Å². The van der Waals surface area contributed by atoms with Crippen molar-refractivity contribution in [1.29, 1.82) is 5.26 Å². The molecule has 0 bridgehead atoms. The van der Waals surface area contributed by atoms with Crippen molar-refractivity contribution in [3.63, 3.8) is 0 Å². The average Bonchev–Trinajstić information content (AvgIpc) is 3.49. The zero-order valence-corrected chi connectivity index (χ0v) is 20.2. The fourth-order valence-corrected chi connectivity index (χ4v) is 4.05. The number of aryl methyl sites for hydroxylation is 1. The monoisotopic (exact) mass is 467 g/mol. The molecule has 2 aromatic heterocycles. The first-order valence-electron chi connectivity index (χ1n) is 11.7. The van der Waals surface area contributed by atoms with Crippen molar-refractivity contribution in [3.8, 4) is 11.8 Å². The minimum Gasteiger partial charge on any atom is -0.491 e. The molecule has 0 spiro atoms. The van der Waals surface area contributed by atoms with Gasteiger partial charge in [0.2, 0.25) is 0 Å². The molecule has 4 rings (SSSR count). The summed E-state index contributed by atoms with van der Waals surface area (Å²) in [4.78, 5) is 12.6. The molecule has 1 N–H and O–H groups in total. The van der Waals surface area contributed by atoms with Crippen LogP contribution in [0.1, 0.15) is 42.2 Å². The molecule has 35 heavy (non-hydrogen) atoms. The van der Waals surface area contributed by atoms with Crippen LogP contribution in [0.5, 0.6) is 5.75 Å². The Morgan fingerprint density at radius 1 is 1.20 bits per heavy atom. The van der Waals surface area contributed by atoms with Crippen LogP contribution in [0.4, 0.5) is 0 Å².